The standard InChI is InChI=1S/C18H14BrClN2O2S/c1-10-3-5-12(6-4-10)21-18-22-17(23)15(25-18)9-11-7-13(19)16(24-2)14(20)8-11/h3-9H,1-2H3,(H,21,22,23)/b15-9+. The van der Waals surface area contributed by atoms with E-state index in [1.165, 1.54) is 11.8 Å². The van der Waals surface area contributed by atoms with Gasteiger partial charge < -0.3 is 10.1 Å². The smallest absolute Gasteiger partial charge is 0.264 e. The van der Waals surface area contributed by atoms with E-state index in [4.69, 9.17) is 16.3 Å². The van der Waals surface area contributed by atoms with Gasteiger partial charge in [-0.25, -0.2) is 4.99 Å². The molecule has 1 aliphatic rings. The molecule has 1 amide bonds. The van der Waals surface area contributed by atoms with E-state index in [1.807, 2.05) is 37.3 Å². The first kappa shape index (κ1) is 18.0. The summed E-state index contributed by atoms with van der Waals surface area (Å²) >= 11 is 10.9. The minimum atomic E-state index is -0.182. The molecule has 0 radical (unpaired) electrons. The Kier molecular flexibility index (Phi) is 5.51. The molecule has 2 aromatic carbocycles. The molecular formula is C18H14BrClN2O2S. The van der Waals surface area contributed by atoms with Gasteiger partial charge in [-0.15, -0.1) is 0 Å². The summed E-state index contributed by atoms with van der Waals surface area (Å²) in [5, 5.41) is 3.80. The molecule has 4 nitrogen and oxygen atoms in total. The Morgan fingerprint density at radius 3 is 2.64 bits per heavy atom. The van der Waals surface area contributed by atoms with E-state index in [0.717, 1.165) is 21.3 Å². The molecule has 3 rings (SSSR count). The Bertz CT molecular complexity index is 871. The Balaban J connectivity index is 1.85. The Morgan fingerprint density at radius 2 is 2.00 bits per heavy atom. The lowest BCUT2D eigenvalue weighted by molar-refractivity contribution is -0.115. The summed E-state index contributed by atoms with van der Waals surface area (Å²) in [5.41, 5.74) is 2.76. The van der Waals surface area contributed by atoms with Crippen LogP contribution in [0.1, 0.15) is 11.1 Å². The second-order valence-electron chi connectivity index (χ2n) is 5.34. The molecule has 2 aromatic rings. The number of rotatable bonds is 3. The van der Waals surface area contributed by atoms with E-state index in [-0.39, 0.29) is 5.91 Å². The number of methoxy groups -OCH3 is 1. The van der Waals surface area contributed by atoms with Crippen molar-refractivity contribution in [1.29, 1.82) is 0 Å². The van der Waals surface area contributed by atoms with Crippen LogP contribution in [0.2, 0.25) is 5.02 Å². The molecule has 0 saturated carbocycles. The molecule has 7 heteroatoms. The topological polar surface area (TPSA) is 50.7 Å². The zero-order valence-electron chi connectivity index (χ0n) is 13.5. The van der Waals surface area contributed by atoms with Gasteiger partial charge >= 0.3 is 0 Å². The molecule has 0 spiro atoms. The van der Waals surface area contributed by atoms with E-state index < -0.39 is 0 Å². The summed E-state index contributed by atoms with van der Waals surface area (Å²) in [6.45, 7) is 2.02. The normalized spacial score (nSPS) is 17.2. The maximum Gasteiger partial charge on any atom is 0.264 e. The number of hydrogen-bond donors (Lipinski definition) is 1. The van der Waals surface area contributed by atoms with Gasteiger partial charge in [0.2, 0.25) is 0 Å². The molecular weight excluding hydrogens is 424 g/mol. The van der Waals surface area contributed by atoms with Gasteiger partial charge in [-0.05, 0) is 70.5 Å². The van der Waals surface area contributed by atoms with Gasteiger partial charge in [0.1, 0.15) is 0 Å². The molecule has 1 saturated heterocycles. The maximum absolute atomic E-state index is 12.2. The number of hydrogen-bond acceptors (Lipinski definition) is 4. The highest BCUT2D eigenvalue weighted by Gasteiger charge is 2.24. The predicted octanol–water partition coefficient (Wildman–Crippen LogP) is 5.31. The third-order valence-electron chi connectivity index (χ3n) is 3.44. The number of benzene rings is 2. The second kappa shape index (κ2) is 7.64. The zero-order chi connectivity index (χ0) is 18.0. The van der Waals surface area contributed by atoms with Crippen molar-refractivity contribution in [2.45, 2.75) is 6.92 Å². The zero-order valence-corrected chi connectivity index (χ0v) is 16.6. The molecule has 1 aliphatic heterocycles. The largest absolute Gasteiger partial charge is 0.494 e. The highest BCUT2D eigenvalue weighted by Crippen LogP contribution is 2.36. The summed E-state index contributed by atoms with van der Waals surface area (Å²) in [6.07, 6.45) is 1.77. The molecule has 0 aliphatic carbocycles. The number of carbonyl (C=O) groups is 1. The minimum Gasteiger partial charge on any atom is -0.494 e. The average Bonchev–Trinajstić information content (AvgIpc) is 2.89. The number of ether oxygens (including phenoxy) is 1. The summed E-state index contributed by atoms with van der Waals surface area (Å²) in [4.78, 5) is 17.2. The number of nitrogens with zero attached hydrogens (tertiary/aromatic N) is 1. The lowest BCUT2D eigenvalue weighted by Crippen LogP contribution is -2.19. The van der Waals surface area contributed by atoms with Gasteiger partial charge in [0.05, 0.1) is 27.2 Å². The van der Waals surface area contributed by atoms with Crippen LogP contribution in [-0.2, 0) is 4.79 Å². The van der Waals surface area contributed by atoms with E-state index >= 15 is 0 Å². The molecule has 0 aromatic heterocycles. The van der Waals surface area contributed by atoms with Crippen LogP contribution in [0, 0.1) is 6.92 Å². The first-order valence-electron chi connectivity index (χ1n) is 7.35. The highest BCUT2D eigenvalue weighted by atomic mass is 79.9. The lowest BCUT2D eigenvalue weighted by Gasteiger charge is -2.07. The van der Waals surface area contributed by atoms with Crippen LogP contribution in [0.15, 0.2) is 50.8 Å². The van der Waals surface area contributed by atoms with Crippen LogP contribution in [0.4, 0.5) is 5.69 Å². The van der Waals surface area contributed by atoms with Crippen LogP contribution < -0.4 is 10.1 Å². The quantitative estimate of drug-likeness (QED) is 0.662. The first-order valence-corrected chi connectivity index (χ1v) is 9.34. The number of carbonyl (C=O) groups excluding carboxylic acids is 1. The Hall–Kier alpha value is -1.76. The van der Waals surface area contributed by atoms with Crippen molar-refractivity contribution in [3.05, 3.63) is 61.9 Å². The lowest BCUT2D eigenvalue weighted by atomic mass is 10.2. The Labute approximate surface area is 163 Å². The van der Waals surface area contributed by atoms with Crippen LogP contribution >= 0.6 is 39.3 Å². The van der Waals surface area contributed by atoms with Crippen molar-refractivity contribution in [3.8, 4) is 5.75 Å². The fourth-order valence-electron chi connectivity index (χ4n) is 2.23. The van der Waals surface area contributed by atoms with E-state index in [1.54, 1.807) is 19.3 Å². The van der Waals surface area contributed by atoms with Crippen molar-refractivity contribution < 1.29 is 9.53 Å². The van der Waals surface area contributed by atoms with Crippen LogP contribution in [0.25, 0.3) is 6.08 Å². The van der Waals surface area contributed by atoms with Gasteiger partial charge in [0.25, 0.3) is 5.91 Å². The van der Waals surface area contributed by atoms with Gasteiger partial charge in [-0.2, -0.15) is 0 Å². The first-order chi connectivity index (χ1) is 12.0. The molecule has 0 unspecified atom stereocenters. The number of aryl methyl sites for hydroxylation is 1. The molecule has 0 atom stereocenters. The summed E-state index contributed by atoms with van der Waals surface area (Å²) in [5.74, 6) is 0.382. The summed E-state index contributed by atoms with van der Waals surface area (Å²) in [7, 11) is 1.55. The molecule has 1 fully saturated rings. The fraction of sp³-hybridized carbons (Fsp3) is 0.111. The van der Waals surface area contributed by atoms with Crippen molar-refractivity contribution in [2.24, 2.45) is 4.99 Å². The maximum atomic E-state index is 12.2. The van der Waals surface area contributed by atoms with Crippen molar-refractivity contribution in [2.75, 3.05) is 7.11 Å². The molecule has 0 bridgehead atoms. The summed E-state index contributed by atoms with van der Waals surface area (Å²) in [6, 6.07) is 11.4. The average molecular weight is 438 g/mol. The molecule has 25 heavy (non-hydrogen) atoms. The molecule has 1 N–H and O–H groups in total. The van der Waals surface area contributed by atoms with Crippen LogP contribution in [0.3, 0.4) is 0 Å². The number of halogens is 2. The van der Waals surface area contributed by atoms with Crippen LogP contribution in [0.5, 0.6) is 5.75 Å². The monoisotopic (exact) mass is 436 g/mol. The third kappa shape index (κ3) is 4.26. The van der Waals surface area contributed by atoms with Crippen molar-refractivity contribution >= 4 is 62.1 Å². The number of amides is 1. The van der Waals surface area contributed by atoms with Gasteiger partial charge in [-0.3, -0.25) is 4.79 Å². The minimum absolute atomic E-state index is 0.182. The van der Waals surface area contributed by atoms with E-state index in [9.17, 15) is 4.79 Å². The number of thioether (sulfide) groups is 1. The number of amidine groups is 1. The van der Waals surface area contributed by atoms with E-state index in [2.05, 4.69) is 26.2 Å². The SMILES string of the molecule is COc1c(Cl)cc(/C=C2/SC(=Nc3ccc(C)cc3)NC2=O)cc1Br. The van der Waals surface area contributed by atoms with Crippen LogP contribution in [-0.4, -0.2) is 18.2 Å². The number of aliphatic imine (C=N–C) groups is 1. The second-order valence-corrected chi connectivity index (χ2v) is 7.63. The van der Waals surface area contributed by atoms with Gasteiger partial charge in [0, 0.05) is 0 Å². The van der Waals surface area contributed by atoms with Gasteiger partial charge in [0.15, 0.2) is 10.9 Å². The van der Waals surface area contributed by atoms with E-state index in [0.29, 0.717) is 20.8 Å². The number of nitrogens with one attached hydrogen (secondary N) is 1. The van der Waals surface area contributed by atoms with Crippen molar-refractivity contribution in [1.82, 2.24) is 5.32 Å². The predicted molar refractivity (Wildman–Crippen MR) is 108 cm³/mol. The molecule has 128 valence electrons. The van der Waals surface area contributed by atoms with Gasteiger partial charge in [-0.1, -0.05) is 29.3 Å². The molecule has 1 heterocycles. The fourth-order valence-corrected chi connectivity index (χ4v) is 4.13. The van der Waals surface area contributed by atoms with Crippen molar-refractivity contribution in [3.63, 3.8) is 0 Å². The summed E-state index contributed by atoms with van der Waals surface area (Å²) < 4.78 is 5.94. The Morgan fingerprint density at radius 1 is 1.28 bits per heavy atom. The highest BCUT2D eigenvalue weighted by molar-refractivity contribution is 9.10. The third-order valence-corrected chi connectivity index (χ3v) is 5.22.